The van der Waals surface area contributed by atoms with E-state index in [-0.39, 0.29) is 0 Å². The molecule has 2 fully saturated rings. The van der Waals surface area contributed by atoms with Crippen LogP contribution in [-0.4, -0.2) is 25.3 Å². The Labute approximate surface area is 93.8 Å². The molecule has 2 unspecified atom stereocenters. The number of rotatable bonds is 3. The molecule has 2 rings (SSSR count). The Hall–Kier alpha value is -0.0800. The molecule has 2 nitrogen and oxygen atoms in total. The van der Waals surface area contributed by atoms with Crippen LogP contribution in [0, 0.1) is 11.8 Å². The van der Waals surface area contributed by atoms with Crippen LogP contribution < -0.4 is 5.32 Å². The van der Waals surface area contributed by atoms with Crippen molar-refractivity contribution >= 4 is 0 Å². The fourth-order valence-electron chi connectivity index (χ4n) is 3.42. The van der Waals surface area contributed by atoms with Gasteiger partial charge in [0, 0.05) is 18.1 Å². The van der Waals surface area contributed by atoms with E-state index in [1.807, 2.05) is 0 Å². The summed E-state index contributed by atoms with van der Waals surface area (Å²) in [5.41, 5.74) is 0.411. The first kappa shape index (κ1) is 11.4. The van der Waals surface area contributed by atoms with Crippen molar-refractivity contribution in [3.8, 4) is 0 Å². The molecule has 0 amide bonds. The van der Waals surface area contributed by atoms with Crippen LogP contribution in [0.15, 0.2) is 0 Å². The van der Waals surface area contributed by atoms with Gasteiger partial charge in [-0.25, -0.2) is 0 Å². The molecule has 0 aromatic rings. The van der Waals surface area contributed by atoms with Crippen LogP contribution >= 0.6 is 0 Å². The van der Waals surface area contributed by atoms with E-state index in [0.29, 0.717) is 5.54 Å². The van der Waals surface area contributed by atoms with Crippen molar-refractivity contribution < 1.29 is 4.74 Å². The second-order valence-electron chi connectivity index (χ2n) is 5.70. The highest BCUT2D eigenvalue weighted by atomic mass is 16.5. The van der Waals surface area contributed by atoms with E-state index in [1.165, 1.54) is 38.6 Å². The average Bonchev–Trinajstić information content (AvgIpc) is 2.68. The lowest BCUT2D eigenvalue weighted by Crippen LogP contribution is -2.50. The van der Waals surface area contributed by atoms with Crippen LogP contribution in [-0.2, 0) is 4.74 Å². The minimum absolute atomic E-state index is 0.411. The zero-order chi connectivity index (χ0) is 10.7. The van der Waals surface area contributed by atoms with Crippen molar-refractivity contribution in [2.24, 2.45) is 11.8 Å². The highest BCUT2D eigenvalue weighted by Crippen LogP contribution is 2.37. The number of nitrogens with one attached hydrogen (secondary N) is 1. The molecule has 2 heteroatoms. The fraction of sp³-hybridized carbons (Fsp3) is 1.00. The van der Waals surface area contributed by atoms with Crippen LogP contribution in [0.5, 0.6) is 0 Å². The number of hydrogen-bond acceptors (Lipinski definition) is 2. The summed E-state index contributed by atoms with van der Waals surface area (Å²) in [4.78, 5) is 0. The van der Waals surface area contributed by atoms with Gasteiger partial charge in [0.15, 0.2) is 0 Å². The molecule has 2 aliphatic heterocycles. The SMILES string of the molecule is CC(C)CC1(C2CCCOC2)CCCN1. The van der Waals surface area contributed by atoms with Gasteiger partial charge in [-0.1, -0.05) is 13.8 Å². The van der Waals surface area contributed by atoms with E-state index in [1.54, 1.807) is 0 Å². The second kappa shape index (κ2) is 4.84. The summed E-state index contributed by atoms with van der Waals surface area (Å²) in [5, 5.41) is 3.79. The quantitative estimate of drug-likeness (QED) is 0.774. The molecule has 2 atom stereocenters. The van der Waals surface area contributed by atoms with E-state index in [4.69, 9.17) is 4.74 Å². The molecule has 0 aromatic carbocycles. The molecule has 0 aliphatic carbocycles. The maximum absolute atomic E-state index is 5.66. The molecule has 2 aliphatic rings. The highest BCUT2D eigenvalue weighted by molar-refractivity contribution is 4.99. The standard InChI is InChI=1S/C13H25NO/c1-11(2)9-13(6-4-7-14-13)12-5-3-8-15-10-12/h11-12,14H,3-10H2,1-2H3. The van der Waals surface area contributed by atoms with Crippen molar-refractivity contribution in [2.45, 2.75) is 51.5 Å². The van der Waals surface area contributed by atoms with E-state index < -0.39 is 0 Å². The van der Waals surface area contributed by atoms with Gasteiger partial charge < -0.3 is 10.1 Å². The van der Waals surface area contributed by atoms with Crippen LogP contribution in [0.1, 0.15) is 46.0 Å². The van der Waals surface area contributed by atoms with Crippen LogP contribution in [0.2, 0.25) is 0 Å². The number of hydrogen-bond donors (Lipinski definition) is 1. The summed E-state index contributed by atoms with van der Waals surface area (Å²) in [5.74, 6) is 1.55. The smallest absolute Gasteiger partial charge is 0.0511 e. The van der Waals surface area contributed by atoms with Crippen LogP contribution in [0.4, 0.5) is 0 Å². The lowest BCUT2D eigenvalue weighted by molar-refractivity contribution is 0.00917. The molecular formula is C13H25NO. The maximum atomic E-state index is 5.66. The van der Waals surface area contributed by atoms with Crippen molar-refractivity contribution in [2.75, 3.05) is 19.8 Å². The lowest BCUT2D eigenvalue weighted by atomic mass is 9.74. The third-order valence-corrected chi connectivity index (χ3v) is 3.99. The van der Waals surface area contributed by atoms with Gasteiger partial charge in [0.25, 0.3) is 0 Å². The zero-order valence-electron chi connectivity index (χ0n) is 10.2. The zero-order valence-corrected chi connectivity index (χ0v) is 10.2. The summed E-state index contributed by atoms with van der Waals surface area (Å²) in [6, 6.07) is 0. The van der Waals surface area contributed by atoms with Crippen molar-refractivity contribution in [1.82, 2.24) is 5.32 Å². The Bertz CT molecular complexity index is 191. The van der Waals surface area contributed by atoms with E-state index in [0.717, 1.165) is 25.0 Å². The first-order valence-corrected chi connectivity index (χ1v) is 6.56. The Balaban J connectivity index is 2.03. The summed E-state index contributed by atoms with van der Waals surface area (Å²) < 4.78 is 5.66. The molecule has 2 heterocycles. The first-order chi connectivity index (χ1) is 7.23. The molecule has 15 heavy (non-hydrogen) atoms. The average molecular weight is 211 g/mol. The van der Waals surface area contributed by atoms with Gasteiger partial charge in [0.2, 0.25) is 0 Å². The summed E-state index contributed by atoms with van der Waals surface area (Å²) in [7, 11) is 0. The molecule has 0 radical (unpaired) electrons. The van der Waals surface area contributed by atoms with E-state index >= 15 is 0 Å². The second-order valence-corrected chi connectivity index (χ2v) is 5.70. The Kier molecular flexibility index (Phi) is 3.68. The normalized spacial score (nSPS) is 37.4. The third kappa shape index (κ3) is 2.54. The number of ether oxygens (including phenoxy) is 1. The van der Waals surface area contributed by atoms with Gasteiger partial charge in [-0.2, -0.15) is 0 Å². The minimum atomic E-state index is 0.411. The summed E-state index contributed by atoms with van der Waals surface area (Å²) in [6.07, 6.45) is 6.65. The van der Waals surface area contributed by atoms with Crippen molar-refractivity contribution in [1.29, 1.82) is 0 Å². The Morgan fingerprint density at radius 2 is 2.27 bits per heavy atom. The first-order valence-electron chi connectivity index (χ1n) is 6.56. The molecule has 0 bridgehead atoms. The summed E-state index contributed by atoms with van der Waals surface area (Å²) >= 11 is 0. The van der Waals surface area contributed by atoms with Gasteiger partial charge in [-0.05, 0) is 44.6 Å². The molecule has 88 valence electrons. The van der Waals surface area contributed by atoms with Gasteiger partial charge in [0.05, 0.1) is 6.61 Å². The molecule has 0 saturated carbocycles. The monoisotopic (exact) mass is 211 g/mol. The van der Waals surface area contributed by atoms with Gasteiger partial charge >= 0.3 is 0 Å². The van der Waals surface area contributed by atoms with Crippen LogP contribution in [0.3, 0.4) is 0 Å². The van der Waals surface area contributed by atoms with Crippen molar-refractivity contribution in [3.05, 3.63) is 0 Å². The molecule has 2 saturated heterocycles. The third-order valence-electron chi connectivity index (χ3n) is 3.99. The van der Waals surface area contributed by atoms with Gasteiger partial charge in [-0.15, -0.1) is 0 Å². The predicted molar refractivity (Wildman–Crippen MR) is 63.0 cm³/mol. The molecular weight excluding hydrogens is 186 g/mol. The molecule has 0 aromatic heterocycles. The Morgan fingerprint density at radius 1 is 1.40 bits per heavy atom. The highest BCUT2D eigenvalue weighted by Gasteiger charge is 2.41. The topological polar surface area (TPSA) is 21.3 Å². The largest absolute Gasteiger partial charge is 0.381 e. The predicted octanol–water partition coefficient (Wildman–Crippen LogP) is 2.58. The molecule has 1 N–H and O–H groups in total. The summed E-state index contributed by atoms with van der Waals surface area (Å²) in [6.45, 7) is 7.86. The fourth-order valence-corrected chi connectivity index (χ4v) is 3.42. The lowest BCUT2D eigenvalue weighted by Gasteiger charge is -2.41. The van der Waals surface area contributed by atoms with Crippen LogP contribution in [0.25, 0.3) is 0 Å². The minimum Gasteiger partial charge on any atom is -0.381 e. The van der Waals surface area contributed by atoms with E-state index in [2.05, 4.69) is 19.2 Å². The maximum Gasteiger partial charge on any atom is 0.0511 e. The van der Waals surface area contributed by atoms with Gasteiger partial charge in [-0.3, -0.25) is 0 Å². The molecule has 0 spiro atoms. The van der Waals surface area contributed by atoms with Crippen molar-refractivity contribution in [3.63, 3.8) is 0 Å². The Morgan fingerprint density at radius 3 is 2.80 bits per heavy atom. The van der Waals surface area contributed by atoms with Gasteiger partial charge in [0.1, 0.15) is 0 Å². The van der Waals surface area contributed by atoms with E-state index in [9.17, 15) is 0 Å².